The van der Waals surface area contributed by atoms with Crippen LogP contribution < -0.4 is 5.32 Å². The van der Waals surface area contributed by atoms with E-state index in [0.29, 0.717) is 37.1 Å². The highest BCUT2D eigenvalue weighted by Crippen LogP contribution is 2.13. The molecule has 0 aliphatic carbocycles. The summed E-state index contributed by atoms with van der Waals surface area (Å²) in [5.74, 6) is -0.0845. The van der Waals surface area contributed by atoms with Gasteiger partial charge >= 0.3 is 0 Å². The first-order valence-corrected chi connectivity index (χ1v) is 6.51. The molecule has 102 valence electrons. The molecule has 6 nitrogen and oxygen atoms in total. The van der Waals surface area contributed by atoms with Crippen molar-refractivity contribution < 1.29 is 9.59 Å². The lowest BCUT2D eigenvalue weighted by Gasteiger charge is -2.19. The summed E-state index contributed by atoms with van der Waals surface area (Å²) in [5.41, 5.74) is 2.03. The molecule has 0 spiro atoms. The molecular weight excluding hydrogens is 256 g/mol. The summed E-state index contributed by atoms with van der Waals surface area (Å²) in [4.78, 5) is 33.8. The third kappa shape index (κ3) is 2.45. The van der Waals surface area contributed by atoms with Gasteiger partial charge in [0.25, 0.3) is 5.91 Å². The molecule has 0 unspecified atom stereocenters. The lowest BCUT2D eigenvalue weighted by molar-refractivity contribution is -0.120. The molecule has 1 aromatic heterocycles. The lowest BCUT2D eigenvalue weighted by Crippen LogP contribution is -2.34. The van der Waals surface area contributed by atoms with Crippen LogP contribution in [0.25, 0.3) is 11.0 Å². The summed E-state index contributed by atoms with van der Waals surface area (Å²) < 4.78 is 0. The molecule has 3 rings (SSSR count). The van der Waals surface area contributed by atoms with Crippen molar-refractivity contribution in [3.05, 3.63) is 36.2 Å². The van der Waals surface area contributed by atoms with Gasteiger partial charge in [-0.05, 0) is 18.2 Å². The largest absolute Gasteiger partial charge is 0.354 e. The van der Waals surface area contributed by atoms with Crippen molar-refractivity contribution in [3.8, 4) is 0 Å². The van der Waals surface area contributed by atoms with Crippen molar-refractivity contribution in [3.63, 3.8) is 0 Å². The molecule has 20 heavy (non-hydrogen) atoms. The zero-order valence-electron chi connectivity index (χ0n) is 10.9. The van der Waals surface area contributed by atoms with E-state index in [2.05, 4.69) is 15.3 Å². The Balaban J connectivity index is 1.86. The minimum absolute atomic E-state index is 0.00956. The Hall–Kier alpha value is -2.50. The lowest BCUT2D eigenvalue weighted by atomic mass is 10.1. The summed E-state index contributed by atoms with van der Waals surface area (Å²) in [6.07, 6.45) is 3.57. The summed E-state index contributed by atoms with van der Waals surface area (Å²) in [6.45, 7) is 1.48. The Kier molecular flexibility index (Phi) is 3.28. The van der Waals surface area contributed by atoms with E-state index in [9.17, 15) is 9.59 Å². The highest BCUT2D eigenvalue weighted by atomic mass is 16.2. The average molecular weight is 270 g/mol. The number of carbonyl (C=O) groups excluding carboxylic acids is 2. The molecule has 2 aromatic rings. The Morgan fingerprint density at radius 1 is 1.15 bits per heavy atom. The van der Waals surface area contributed by atoms with E-state index in [4.69, 9.17) is 0 Å². The number of aromatic nitrogens is 2. The maximum absolute atomic E-state index is 12.4. The molecule has 2 amide bonds. The number of carbonyl (C=O) groups is 2. The van der Waals surface area contributed by atoms with Crippen molar-refractivity contribution in [2.75, 3.05) is 19.6 Å². The number of rotatable bonds is 1. The first-order valence-electron chi connectivity index (χ1n) is 6.51. The van der Waals surface area contributed by atoms with Gasteiger partial charge in [-0.15, -0.1) is 0 Å². The quantitative estimate of drug-likeness (QED) is 0.823. The van der Waals surface area contributed by atoms with Gasteiger partial charge in [-0.3, -0.25) is 19.6 Å². The van der Waals surface area contributed by atoms with E-state index in [-0.39, 0.29) is 11.8 Å². The van der Waals surface area contributed by atoms with Crippen molar-refractivity contribution in [1.82, 2.24) is 20.2 Å². The van der Waals surface area contributed by atoms with Crippen LogP contribution in [0.4, 0.5) is 0 Å². The number of hydrogen-bond donors (Lipinski definition) is 1. The zero-order chi connectivity index (χ0) is 13.9. The van der Waals surface area contributed by atoms with Crippen molar-refractivity contribution in [2.45, 2.75) is 6.42 Å². The topological polar surface area (TPSA) is 75.2 Å². The van der Waals surface area contributed by atoms with Crippen LogP contribution in [0.5, 0.6) is 0 Å². The van der Waals surface area contributed by atoms with Crippen LogP contribution in [0.3, 0.4) is 0 Å². The van der Waals surface area contributed by atoms with Gasteiger partial charge < -0.3 is 10.2 Å². The second-order valence-corrected chi connectivity index (χ2v) is 4.65. The molecule has 1 aliphatic rings. The standard InChI is InChI=1S/C14H14N4O2/c19-13-3-7-18(8-6-17-13)14(20)10-1-2-11-12(9-10)16-5-4-15-11/h1-2,4-5,9H,3,6-8H2,(H,17,19). The summed E-state index contributed by atoms with van der Waals surface area (Å²) in [7, 11) is 0. The molecule has 2 heterocycles. The molecule has 6 heteroatoms. The van der Waals surface area contributed by atoms with E-state index in [0.717, 1.165) is 5.52 Å². The van der Waals surface area contributed by atoms with Crippen LogP contribution in [0, 0.1) is 0 Å². The second-order valence-electron chi connectivity index (χ2n) is 4.65. The second kappa shape index (κ2) is 5.24. The van der Waals surface area contributed by atoms with Gasteiger partial charge in [0.2, 0.25) is 5.91 Å². The summed E-state index contributed by atoms with van der Waals surface area (Å²) >= 11 is 0. The average Bonchev–Trinajstić information content (AvgIpc) is 2.71. The molecule has 1 aromatic carbocycles. The van der Waals surface area contributed by atoms with Gasteiger partial charge in [-0.1, -0.05) is 0 Å². The Morgan fingerprint density at radius 3 is 2.80 bits per heavy atom. The summed E-state index contributed by atoms with van der Waals surface area (Å²) in [6, 6.07) is 5.28. The van der Waals surface area contributed by atoms with Gasteiger partial charge in [0.15, 0.2) is 0 Å². The van der Waals surface area contributed by atoms with Crippen LogP contribution in [0.2, 0.25) is 0 Å². The normalized spacial score (nSPS) is 15.8. The van der Waals surface area contributed by atoms with Crippen molar-refractivity contribution in [1.29, 1.82) is 0 Å². The van der Waals surface area contributed by atoms with E-state index in [1.165, 1.54) is 0 Å². The van der Waals surface area contributed by atoms with Crippen molar-refractivity contribution >= 4 is 22.8 Å². The molecule has 1 fully saturated rings. The van der Waals surface area contributed by atoms with Gasteiger partial charge in [0, 0.05) is 44.0 Å². The zero-order valence-corrected chi connectivity index (χ0v) is 10.9. The van der Waals surface area contributed by atoms with Crippen LogP contribution in [0.15, 0.2) is 30.6 Å². The molecule has 0 saturated carbocycles. The highest BCUT2D eigenvalue weighted by molar-refractivity contribution is 5.97. The van der Waals surface area contributed by atoms with Crippen molar-refractivity contribution in [2.24, 2.45) is 0 Å². The molecule has 0 radical (unpaired) electrons. The molecule has 1 N–H and O–H groups in total. The number of nitrogens with one attached hydrogen (secondary N) is 1. The molecule has 1 saturated heterocycles. The van der Waals surface area contributed by atoms with Crippen LogP contribution >= 0.6 is 0 Å². The molecule has 0 atom stereocenters. The predicted octanol–water partition coefficient (Wildman–Crippen LogP) is 0.592. The Labute approximate surface area is 115 Å². The minimum atomic E-state index is -0.0750. The third-order valence-electron chi connectivity index (χ3n) is 3.32. The Morgan fingerprint density at radius 2 is 1.95 bits per heavy atom. The SMILES string of the molecule is O=C1CCN(C(=O)c2ccc3nccnc3c2)CCN1. The minimum Gasteiger partial charge on any atom is -0.354 e. The van der Waals surface area contributed by atoms with Gasteiger partial charge in [0.1, 0.15) is 0 Å². The third-order valence-corrected chi connectivity index (χ3v) is 3.32. The maximum Gasteiger partial charge on any atom is 0.254 e. The van der Waals surface area contributed by atoms with Crippen LogP contribution in [-0.4, -0.2) is 46.3 Å². The fourth-order valence-electron chi connectivity index (χ4n) is 2.25. The van der Waals surface area contributed by atoms with E-state index < -0.39 is 0 Å². The van der Waals surface area contributed by atoms with E-state index in [1.54, 1.807) is 35.5 Å². The van der Waals surface area contributed by atoms with Gasteiger partial charge in [-0.25, -0.2) is 0 Å². The monoisotopic (exact) mass is 270 g/mol. The first kappa shape index (κ1) is 12.5. The first-order chi connectivity index (χ1) is 9.74. The molecule has 1 aliphatic heterocycles. The highest BCUT2D eigenvalue weighted by Gasteiger charge is 2.19. The van der Waals surface area contributed by atoms with E-state index in [1.807, 2.05) is 0 Å². The maximum atomic E-state index is 12.4. The smallest absolute Gasteiger partial charge is 0.254 e. The Bertz CT molecular complexity index is 671. The van der Waals surface area contributed by atoms with Gasteiger partial charge in [-0.2, -0.15) is 0 Å². The fraction of sp³-hybridized carbons (Fsp3) is 0.286. The van der Waals surface area contributed by atoms with Crippen LogP contribution in [0.1, 0.15) is 16.8 Å². The summed E-state index contributed by atoms with van der Waals surface area (Å²) in [5, 5.41) is 2.76. The number of hydrogen-bond acceptors (Lipinski definition) is 4. The van der Waals surface area contributed by atoms with Crippen LogP contribution in [-0.2, 0) is 4.79 Å². The number of nitrogens with zero attached hydrogens (tertiary/aromatic N) is 3. The number of fused-ring (bicyclic) bond motifs is 1. The van der Waals surface area contributed by atoms with E-state index >= 15 is 0 Å². The molecule has 0 bridgehead atoms. The molecular formula is C14H14N4O2. The fourth-order valence-corrected chi connectivity index (χ4v) is 2.25. The predicted molar refractivity (Wildman–Crippen MR) is 73.1 cm³/mol. The number of benzene rings is 1. The van der Waals surface area contributed by atoms with Gasteiger partial charge in [0.05, 0.1) is 11.0 Å². The number of amides is 2.